The van der Waals surface area contributed by atoms with Crippen LogP contribution in [0, 0.1) is 5.92 Å². The Hall–Kier alpha value is -1.41. The zero-order valence-electron chi connectivity index (χ0n) is 16.0. The number of hydrogen-bond donors (Lipinski definition) is 2. The Bertz CT molecular complexity index is 652. The van der Waals surface area contributed by atoms with Crippen molar-refractivity contribution in [2.45, 2.75) is 65.6 Å². The van der Waals surface area contributed by atoms with Crippen LogP contribution in [0.3, 0.4) is 0 Å². The van der Waals surface area contributed by atoms with Crippen LogP contribution in [0.2, 0.25) is 0 Å². The molecule has 146 valence electrons. The molecule has 0 aliphatic rings. The Balaban J connectivity index is 2.72. The topological polar surface area (TPSA) is 84.5 Å². The molecule has 2 amide bonds. The summed E-state index contributed by atoms with van der Waals surface area (Å²) in [6.45, 7) is 10.8. The van der Waals surface area contributed by atoms with E-state index in [4.69, 9.17) is 4.74 Å². The van der Waals surface area contributed by atoms with Gasteiger partial charge in [0, 0.05) is 0 Å². The van der Waals surface area contributed by atoms with Crippen LogP contribution >= 0.6 is 27.3 Å². The fourth-order valence-electron chi connectivity index (χ4n) is 2.12. The van der Waals surface area contributed by atoms with Gasteiger partial charge in [-0.15, -0.1) is 11.3 Å². The van der Waals surface area contributed by atoms with E-state index in [9.17, 15) is 14.4 Å². The molecule has 0 bridgehead atoms. The third-order valence-electron chi connectivity index (χ3n) is 3.25. The number of nitrogens with one attached hydrogen (secondary N) is 2. The standard InChI is InChI=1S/C18H27BrN2O4S/c1-10(2)9-12(17(24)25-18(4,5)6)21-15(22)11(3)20-16(23)13-7-8-14(19)26-13/h7-8,10-12H,9H2,1-6H3,(H,20,23)(H,21,22)/t11?,12-/m0/s1. The van der Waals surface area contributed by atoms with Crippen molar-refractivity contribution in [3.63, 3.8) is 0 Å². The van der Waals surface area contributed by atoms with Gasteiger partial charge >= 0.3 is 5.97 Å². The van der Waals surface area contributed by atoms with E-state index in [1.54, 1.807) is 39.8 Å². The first-order valence-corrected chi connectivity index (χ1v) is 10.1. The molecule has 1 aromatic rings. The quantitative estimate of drug-likeness (QED) is 0.627. The van der Waals surface area contributed by atoms with Crippen LogP contribution in [0.4, 0.5) is 0 Å². The summed E-state index contributed by atoms with van der Waals surface area (Å²) in [7, 11) is 0. The Morgan fingerprint density at radius 2 is 1.77 bits per heavy atom. The number of thiophene rings is 1. The van der Waals surface area contributed by atoms with Crippen LogP contribution in [-0.2, 0) is 14.3 Å². The van der Waals surface area contributed by atoms with Crippen molar-refractivity contribution in [2.75, 3.05) is 0 Å². The molecule has 0 fully saturated rings. The molecule has 6 nitrogen and oxygen atoms in total. The van der Waals surface area contributed by atoms with E-state index in [2.05, 4.69) is 26.6 Å². The summed E-state index contributed by atoms with van der Waals surface area (Å²) in [4.78, 5) is 37.5. The van der Waals surface area contributed by atoms with Gasteiger partial charge in [-0.2, -0.15) is 0 Å². The maximum atomic E-state index is 12.4. The largest absolute Gasteiger partial charge is 0.458 e. The minimum atomic E-state index is -0.777. The first kappa shape index (κ1) is 22.6. The highest BCUT2D eigenvalue weighted by molar-refractivity contribution is 9.11. The Morgan fingerprint density at radius 1 is 1.15 bits per heavy atom. The van der Waals surface area contributed by atoms with E-state index >= 15 is 0 Å². The SMILES string of the molecule is CC(C)C[C@H](NC(=O)C(C)NC(=O)c1ccc(Br)s1)C(=O)OC(C)(C)C. The number of carbonyl (C=O) groups excluding carboxylic acids is 3. The van der Waals surface area contributed by atoms with Gasteiger partial charge in [0.25, 0.3) is 5.91 Å². The molecule has 0 aliphatic carbocycles. The summed E-state index contributed by atoms with van der Waals surface area (Å²) < 4.78 is 6.22. The zero-order chi connectivity index (χ0) is 20.1. The van der Waals surface area contributed by atoms with Crippen molar-refractivity contribution in [2.24, 2.45) is 5.92 Å². The molecule has 0 radical (unpaired) electrons. The van der Waals surface area contributed by atoms with Crippen LogP contribution < -0.4 is 10.6 Å². The highest BCUT2D eigenvalue weighted by Crippen LogP contribution is 2.22. The zero-order valence-corrected chi connectivity index (χ0v) is 18.4. The summed E-state index contributed by atoms with van der Waals surface area (Å²) >= 11 is 4.58. The molecule has 0 aliphatic heterocycles. The summed E-state index contributed by atoms with van der Waals surface area (Å²) in [5, 5.41) is 5.34. The maximum Gasteiger partial charge on any atom is 0.329 e. The molecule has 26 heavy (non-hydrogen) atoms. The van der Waals surface area contributed by atoms with E-state index in [0.717, 1.165) is 3.79 Å². The maximum absolute atomic E-state index is 12.4. The van der Waals surface area contributed by atoms with Gasteiger partial charge in [0.05, 0.1) is 8.66 Å². The lowest BCUT2D eigenvalue weighted by Crippen LogP contribution is -2.51. The molecule has 8 heteroatoms. The molecule has 0 saturated heterocycles. The molecule has 0 saturated carbocycles. The number of carbonyl (C=O) groups is 3. The monoisotopic (exact) mass is 446 g/mol. The van der Waals surface area contributed by atoms with E-state index in [0.29, 0.717) is 11.3 Å². The summed E-state index contributed by atoms with van der Waals surface area (Å²) in [5.41, 5.74) is -0.635. The second-order valence-corrected chi connectivity index (χ2v) is 9.99. The molecule has 1 aromatic heterocycles. The molecule has 2 N–H and O–H groups in total. The van der Waals surface area contributed by atoms with Crippen molar-refractivity contribution in [3.05, 3.63) is 20.8 Å². The summed E-state index contributed by atoms with van der Waals surface area (Å²) in [6.07, 6.45) is 0.458. The van der Waals surface area contributed by atoms with Gasteiger partial charge in [-0.25, -0.2) is 4.79 Å². The minimum Gasteiger partial charge on any atom is -0.458 e. The highest BCUT2D eigenvalue weighted by Gasteiger charge is 2.29. The van der Waals surface area contributed by atoms with Gasteiger partial charge in [0.1, 0.15) is 17.7 Å². The second kappa shape index (κ2) is 9.50. The fraction of sp³-hybridized carbons (Fsp3) is 0.611. The Kier molecular flexibility index (Phi) is 8.27. The van der Waals surface area contributed by atoms with Crippen molar-refractivity contribution < 1.29 is 19.1 Å². The van der Waals surface area contributed by atoms with Gasteiger partial charge in [0.2, 0.25) is 5.91 Å². The Labute approximate surface area is 167 Å². The van der Waals surface area contributed by atoms with Gasteiger partial charge in [-0.3, -0.25) is 9.59 Å². The average Bonchev–Trinajstić information content (AvgIpc) is 2.90. The van der Waals surface area contributed by atoms with Gasteiger partial charge in [-0.05, 0) is 68.1 Å². The average molecular weight is 447 g/mol. The normalized spacial score (nSPS) is 13.8. The van der Waals surface area contributed by atoms with Crippen LogP contribution in [0.15, 0.2) is 15.9 Å². The molecule has 2 atom stereocenters. The lowest BCUT2D eigenvalue weighted by atomic mass is 10.0. The Morgan fingerprint density at radius 3 is 2.23 bits per heavy atom. The molecule has 1 rings (SSSR count). The van der Waals surface area contributed by atoms with Crippen molar-refractivity contribution in [1.29, 1.82) is 0 Å². The van der Waals surface area contributed by atoms with E-state index in [1.165, 1.54) is 11.3 Å². The molecule has 1 heterocycles. The first-order chi connectivity index (χ1) is 11.9. The van der Waals surface area contributed by atoms with Gasteiger partial charge < -0.3 is 15.4 Å². The van der Waals surface area contributed by atoms with E-state index < -0.39 is 29.6 Å². The lowest BCUT2D eigenvalue weighted by molar-refractivity contribution is -0.159. The third-order valence-corrected chi connectivity index (χ3v) is 4.88. The van der Waals surface area contributed by atoms with Gasteiger partial charge in [0.15, 0.2) is 0 Å². The van der Waals surface area contributed by atoms with E-state index in [-0.39, 0.29) is 11.8 Å². The predicted molar refractivity (Wildman–Crippen MR) is 106 cm³/mol. The summed E-state index contributed by atoms with van der Waals surface area (Å²) in [6, 6.07) is 1.92. The molecular formula is C18H27BrN2O4S. The molecular weight excluding hydrogens is 420 g/mol. The molecule has 1 unspecified atom stereocenters. The number of ether oxygens (including phenoxy) is 1. The lowest BCUT2D eigenvalue weighted by Gasteiger charge is -2.26. The fourth-order valence-corrected chi connectivity index (χ4v) is 3.41. The molecule has 0 spiro atoms. The smallest absolute Gasteiger partial charge is 0.329 e. The van der Waals surface area contributed by atoms with Crippen molar-refractivity contribution in [1.82, 2.24) is 10.6 Å². The number of rotatable bonds is 7. The highest BCUT2D eigenvalue weighted by atomic mass is 79.9. The van der Waals surface area contributed by atoms with E-state index in [1.807, 2.05) is 13.8 Å². The van der Waals surface area contributed by atoms with Crippen molar-refractivity contribution >= 4 is 45.1 Å². The van der Waals surface area contributed by atoms with Crippen LogP contribution in [0.1, 0.15) is 57.6 Å². The van der Waals surface area contributed by atoms with Crippen LogP contribution in [-0.4, -0.2) is 35.5 Å². The third kappa shape index (κ3) is 7.86. The van der Waals surface area contributed by atoms with Crippen LogP contribution in [0.5, 0.6) is 0 Å². The number of esters is 1. The second-order valence-electron chi connectivity index (χ2n) is 7.52. The predicted octanol–water partition coefficient (Wildman–Crippen LogP) is 3.50. The van der Waals surface area contributed by atoms with Crippen molar-refractivity contribution in [3.8, 4) is 0 Å². The van der Waals surface area contributed by atoms with Crippen LogP contribution in [0.25, 0.3) is 0 Å². The first-order valence-electron chi connectivity index (χ1n) is 8.48. The minimum absolute atomic E-state index is 0.196. The number of halogens is 1. The summed E-state index contributed by atoms with van der Waals surface area (Å²) in [5.74, 6) is -1.03. The van der Waals surface area contributed by atoms with Gasteiger partial charge in [-0.1, -0.05) is 13.8 Å². The number of amides is 2. The molecule has 0 aromatic carbocycles. The number of hydrogen-bond acceptors (Lipinski definition) is 5.